The molecule has 1 heterocycles. The van der Waals surface area contributed by atoms with Crippen LogP contribution in [0.5, 0.6) is 0 Å². The van der Waals surface area contributed by atoms with Gasteiger partial charge in [-0.25, -0.2) is 4.39 Å². The molecule has 1 aliphatic carbocycles. The number of rotatable bonds is 4. The standard InChI is InChI=1S/C26H26F7NO2/c1-14(18-9-19(25(28,29)30)11-20(10-18)26(31,32)33)36-23-8-5-17-12-34(15(2)35)13-22(17)24(23)16-3-6-21(27)7-4-16/h3-4,6-7,9-11,14,17,22-24H,5,8,12-13H2,1-2H3/t14-,17+,22-,23+,24?/m1/s1. The number of hydrogen-bond acceptors (Lipinski definition) is 2. The maximum absolute atomic E-state index is 13.6. The number of amides is 1. The summed E-state index contributed by atoms with van der Waals surface area (Å²) in [6, 6.07) is 7.31. The van der Waals surface area contributed by atoms with Gasteiger partial charge in [0.1, 0.15) is 5.82 Å². The molecule has 1 unspecified atom stereocenters. The second kappa shape index (κ2) is 9.68. The van der Waals surface area contributed by atoms with Gasteiger partial charge in [0.05, 0.1) is 23.3 Å². The molecule has 10 heteroatoms. The Balaban J connectivity index is 1.66. The van der Waals surface area contributed by atoms with Crippen molar-refractivity contribution in [1.29, 1.82) is 0 Å². The molecule has 0 N–H and O–H groups in total. The molecule has 1 saturated carbocycles. The number of carbonyl (C=O) groups is 1. The second-order valence-electron chi connectivity index (χ2n) is 9.66. The number of halogens is 7. The largest absolute Gasteiger partial charge is 0.416 e. The van der Waals surface area contributed by atoms with Crippen molar-refractivity contribution in [1.82, 2.24) is 4.90 Å². The van der Waals surface area contributed by atoms with E-state index in [1.54, 1.807) is 17.0 Å². The molecule has 2 aromatic rings. The average molecular weight is 517 g/mol. The first kappa shape index (κ1) is 26.4. The lowest BCUT2D eigenvalue weighted by Crippen LogP contribution is -2.38. The number of carbonyl (C=O) groups excluding carboxylic acids is 1. The van der Waals surface area contributed by atoms with E-state index in [0.717, 1.165) is 5.56 Å². The normalized spacial score (nSPS) is 25.5. The van der Waals surface area contributed by atoms with E-state index < -0.39 is 41.5 Å². The maximum Gasteiger partial charge on any atom is 0.416 e. The van der Waals surface area contributed by atoms with Crippen LogP contribution in [0.15, 0.2) is 42.5 Å². The number of benzene rings is 2. The monoisotopic (exact) mass is 517 g/mol. The summed E-state index contributed by atoms with van der Waals surface area (Å²) >= 11 is 0. The molecule has 196 valence electrons. The fourth-order valence-electron chi connectivity index (χ4n) is 5.55. The van der Waals surface area contributed by atoms with Gasteiger partial charge in [0.25, 0.3) is 0 Å². The van der Waals surface area contributed by atoms with Gasteiger partial charge in [-0.05, 0) is 73.1 Å². The van der Waals surface area contributed by atoms with Crippen molar-refractivity contribution in [3.63, 3.8) is 0 Å². The van der Waals surface area contributed by atoms with Crippen molar-refractivity contribution in [2.75, 3.05) is 13.1 Å². The fraction of sp³-hybridized carbons (Fsp3) is 0.500. The van der Waals surface area contributed by atoms with E-state index >= 15 is 0 Å². The van der Waals surface area contributed by atoms with Crippen molar-refractivity contribution in [3.8, 4) is 0 Å². The van der Waals surface area contributed by atoms with Gasteiger partial charge in [-0.15, -0.1) is 0 Å². The quantitative estimate of drug-likeness (QED) is 0.410. The molecule has 0 radical (unpaired) electrons. The van der Waals surface area contributed by atoms with E-state index in [1.807, 2.05) is 0 Å². The topological polar surface area (TPSA) is 29.5 Å². The van der Waals surface area contributed by atoms with Crippen molar-refractivity contribution in [2.45, 2.75) is 57.2 Å². The molecule has 36 heavy (non-hydrogen) atoms. The molecule has 0 bridgehead atoms. The first-order valence-corrected chi connectivity index (χ1v) is 11.7. The molecule has 1 aliphatic heterocycles. The van der Waals surface area contributed by atoms with Crippen molar-refractivity contribution >= 4 is 5.91 Å². The Bertz CT molecular complexity index is 1060. The van der Waals surface area contributed by atoms with Crippen LogP contribution in [0, 0.1) is 17.7 Å². The molecule has 3 nitrogen and oxygen atoms in total. The highest BCUT2D eigenvalue weighted by Gasteiger charge is 2.47. The van der Waals surface area contributed by atoms with E-state index in [0.29, 0.717) is 38.1 Å². The molecule has 2 aliphatic rings. The van der Waals surface area contributed by atoms with E-state index in [-0.39, 0.29) is 35.3 Å². The minimum atomic E-state index is -4.95. The van der Waals surface area contributed by atoms with Crippen molar-refractivity contribution in [3.05, 3.63) is 70.5 Å². The lowest BCUT2D eigenvalue weighted by Gasteiger charge is -2.41. The molecule has 1 saturated heterocycles. The number of ether oxygens (including phenoxy) is 1. The Kier molecular flexibility index (Phi) is 7.11. The van der Waals surface area contributed by atoms with Gasteiger partial charge in [-0.2, -0.15) is 26.3 Å². The zero-order valence-corrected chi connectivity index (χ0v) is 19.7. The van der Waals surface area contributed by atoms with Crippen LogP contribution in [0.4, 0.5) is 30.7 Å². The summed E-state index contributed by atoms with van der Waals surface area (Å²) in [4.78, 5) is 13.7. The molecule has 2 fully saturated rings. The predicted octanol–water partition coefficient (Wildman–Crippen LogP) is 6.98. The summed E-state index contributed by atoms with van der Waals surface area (Å²) in [6.07, 6.45) is -10.3. The highest BCUT2D eigenvalue weighted by Crippen LogP contribution is 2.48. The summed E-state index contributed by atoms with van der Waals surface area (Å²) in [5.41, 5.74) is -2.26. The molecule has 0 spiro atoms. The number of likely N-dealkylation sites (tertiary alicyclic amines) is 1. The molecule has 1 amide bonds. The van der Waals surface area contributed by atoms with E-state index in [4.69, 9.17) is 4.74 Å². The van der Waals surface area contributed by atoms with Crippen LogP contribution in [0.1, 0.15) is 61.0 Å². The van der Waals surface area contributed by atoms with E-state index in [1.165, 1.54) is 26.0 Å². The summed E-state index contributed by atoms with van der Waals surface area (Å²) in [6.45, 7) is 3.94. The predicted molar refractivity (Wildman–Crippen MR) is 117 cm³/mol. The van der Waals surface area contributed by atoms with Crippen molar-refractivity contribution < 1.29 is 40.3 Å². The zero-order valence-electron chi connectivity index (χ0n) is 19.7. The number of hydrogen-bond donors (Lipinski definition) is 0. The van der Waals surface area contributed by atoms with Crippen LogP contribution in [0.3, 0.4) is 0 Å². The maximum atomic E-state index is 13.6. The summed E-state index contributed by atoms with van der Waals surface area (Å²) in [5.74, 6) is -0.666. The molecule has 5 atom stereocenters. The lowest BCUT2D eigenvalue weighted by atomic mass is 9.69. The highest BCUT2D eigenvalue weighted by atomic mass is 19.4. The van der Waals surface area contributed by atoms with Gasteiger partial charge in [-0.1, -0.05) is 12.1 Å². The smallest absolute Gasteiger partial charge is 0.370 e. The van der Waals surface area contributed by atoms with Gasteiger partial charge < -0.3 is 9.64 Å². The van der Waals surface area contributed by atoms with Gasteiger partial charge in [0, 0.05) is 25.9 Å². The van der Waals surface area contributed by atoms with Crippen molar-refractivity contribution in [2.24, 2.45) is 11.8 Å². The SMILES string of the molecule is CC(=O)N1C[C@@H]2CC[C@H](O[C@H](C)c3cc(C(F)(F)F)cc(C(F)(F)F)c3)C(c3ccc(F)cc3)[C@@H]2C1. The molecule has 0 aromatic heterocycles. The Morgan fingerprint density at radius 1 is 0.944 bits per heavy atom. The van der Waals surface area contributed by atoms with Crippen LogP contribution in [-0.2, 0) is 21.9 Å². The minimum absolute atomic E-state index is 0.0300. The Hall–Kier alpha value is -2.62. The van der Waals surface area contributed by atoms with Crippen LogP contribution >= 0.6 is 0 Å². The fourth-order valence-corrected chi connectivity index (χ4v) is 5.55. The Morgan fingerprint density at radius 3 is 2.06 bits per heavy atom. The highest BCUT2D eigenvalue weighted by molar-refractivity contribution is 5.73. The van der Waals surface area contributed by atoms with Crippen LogP contribution in [-0.4, -0.2) is 30.0 Å². The number of nitrogens with zero attached hydrogens (tertiary/aromatic N) is 1. The zero-order chi connectivity index (χ0) is 26.4. The van der Waals surface area contributed by atoms with Gasteiger partial charge >= 0.3 is 12.4 Å². The lowest BCUT2D eigenvalue weighted by molar-refractivity contribution is -0.143. The average Bonchev–Trinajstić information content (AvgIpc) is 3.23. The van der Waals surface area contributed by atoms with Crippen LogP contribution in [0.25, 0.3) is 0 Å². The summed E-state index contributed by atoms with van der Waals surface area (Å²) in [7, 11) is 0. The summed E-state index contributed by atoms with van der Waals surface area (Å²) < 4.78 is 99.9. The van der Waals surface area contributed by atoms with E-state index in [2.05, 4.69) is 0 Å². The second-order valence-corrected chi connectivity index (χ2v) is 9.66. The first-order chi connectivity index (χ1) is 16.7. The third-order valence-electron chi connectivity index (χ3n) is 7.33. The van der Waals surface area contributed by atoms with Gasteiger partial charge in [-0.3, -0.25) is 4.79 Å². The molecular formula is C26H26F7NO2. The van der Waals surface area contributed by atoms with Gasteiger partial charge in [0.2, 0.25) is 5.91 Å². The van der Waals surface area contributed by atoms with Gasteiger partial charge in [0.15, 0.2) is 0 Å². The van der Waals surface area contributed by atoms with Crippen LogP contribution < -0.4 is 0 Å². The molecular weight excluding hydrogens is 491 g/mol. The number of alkyl halides is 6. The number of fused-ring (bicyclic) bond motifs is 1. The summed E-state index contributed by atoms with van der Waals surface area (Å²) in [5, 5.41) is 0. The molecule has 2 aromatic carbocycles. The third kappa shape index (κ3) is 5.53. The first-order valence-electron chi connectivity index (χ1n) is 11.7. The minimum Gasteiger partial charge on any atom is -0.370 e. The van der Waals surface area contributed by atoms with Crippen LogP contribution in [0.2, 0.25) is 0 Å². The third-order valence-corrected chi connectivity index (χ3v) is 7.33. The Morgan fingerprint density at radius 2 is 1.53 bits per heavy atom. The molecule has 4 rings (SSSR count). The Labute approximate surface area is 204 Å². The van der Waals surface area contributed by atoms with E-state index in [9.17, 15) is 35.5 Å².